The molecule has 5 nitrogen and oxygen atoms in total. The van der Waals surface area contributed by atoms with Crippen LogP contribution in [0.3, 0.4) is 0 Å². The lowest BCUT2D eigenvalue weighted by Crippen LogP contribution is -2.23. The summed E-state index contributed by atoms with van der Waals surface area (Å²) < 4.78 is 0. The van der Waals surface area contributed by atoms with Gasteiger partial charge >= 0.3 is 0 Å². The first kappa shape index (κ1) is 14.5. The number of nitrogens with zero attached hydrogens (tertiary/aromatic N) is 1. The van der Waals surface area contributed by atoms with E-state index in [9.17, 15) is 4.79 Å². The van der Waals surface area contributed by atoms with E-state index >= 15 is 0 Å². The fourth-order valence-electron chi connectivity index (χ4n) is 1.85. The van der Waals surface area contributed by atoms with Crippen LogP contribution in [0, 0.1) is 6.92 Å². The molecule has 0 saturated heterocycles. The molecule has 0 unspecified atom stereocenters. The maximum atomic E-state index is 12.1. The molecule has 0 aliphatic heterocycles. The minimum atomic E-state index is -0.0979. The predicted molar refractivity (Wildman–Crippen MR) is 81.7 cm³/mol. The fraction of sp³-hybridized carbons (Fsp3) is 0.286. The number of aromatic nitrogens is 1. The number of nitrogens with two attached hydrogens (primary N) is 1. The number of carbonyl (C=O) groups excluding carboxylic acids is 1. The molecule has 20 heavy (non-hydrogen) atoms. The Balaban J connectivity index is 2.01. The third-order valence-corrected chi connectivity index (χ3v) is 4.13. The van der Waals surface area contributed by atoms with Crippen molar-refractivity contribution in [2.45, 2.75) is 26.8 Å². The number of hydrazine groups is 1. The summed E-state index contributed by atoms with van der Waals surface area (Å²) in [6, 6.07) is 5.38. The summed E-state index contributed by atoms with van der Waals surface area (Å²) in [5.41, 5.74) is 4.87. The number of nitrogens with one attached hydrogen (secondary N) is 2. The van der Waals surface area contributed by atoms with Gasteiger partial charge in [-0.15, -0.1) is 11.3 Å². The van der Waals surface area contributed by atoms with Crippen molar-refractivity contribution >= 4 is 22.9 Å². The lowest BCUT2D eigenvalue weighted by atomic mass is 10.1. The number of nitrogen functional groups attached to an aromatic ring is 1. The maximum absolute atomic E-state index is 12.1. The topological polar surface area (TPSA) is 80.0 Å². The lowest BCUT2D eigenvalue weighted by Gasteiger charge is -2.08. The Hall–Kier alpha value is -1.92. The smallest absolute Gasteiger partial charge is 0.251 e. The van der Waals surface area contributed by atoms with Gasteiger partial charge in [0.2, 0.25) is 0 Å². The van der Waals surface area contributed by atoms with Crippen LogP contribution >= 0.6 is 11.3 Å². The van der Waals surface area contributed by atoms with E-state index in [2.05, 4.69) is 22.7 Å². The number of anilines is 1. The molecular weight excluding hydrogens is 272 g/mol. The van der Waals surface area contributed by atoms with E-state index in [1.54, 1.807) is 23.5 Å². The minimum Gasteiger partial charge on any atom is -0.346 e. The van der Waals surface area contributed by atoms with Crippen LogP contribution in [0.25, 0.3) is 0 Å². The molecule has 0 radical (unpaired) electrons. The second kappa shape index (κ2) is 6.49. The molecule has 1 aromatic carbocycles. The molecule has 106 valence electrons. The molecule has 0 bridgehead atoms. The largest absolute Gasteiger partial charge is 0.346 e. The highest BCUT2D eigenvalue weighted by molar-refractivity contribution is 7.11. The number of amides is 1. The van der Waals surface area contributed by atoms with E-state index in [-0.39, 0.29) is 5.91 Å². The Morgan fingerprint density at radius 1 is 1.45 bits per heavy atom. The van der Waals surface area contributed by atoms with Gasteiger partial charge in [0, 0.05) is 22.3 Å². The first-order valence-corrected chi connectivity index (χ1v) is 7.24. The fourth-order valence-corrected chi connectivity index (χ4v) is 2.65. The first-order valence-electron chi connectivity index (χ1n) is 6.43. The Bertz CT molecular complexity index is 609. The van der Waals surface area contributed by atoms with Crippen molar-refractivity contribution in [1.82, 2.24) is 10.3 Å². The van der Waals surface area contributed by atoms with Gasteiger partial charge in [0.25, 0.3) is 5.91 Å². The zero-order chi connectivity index (χ0) is 14.5. The minimum absolute atomic E-state index is 0.0979. The highest BCUT2D eigenvalue weighted by Gasteiger charge is 2.10. The summed E-state index contributed by atoms with van der Waals surface area (Å²) in [4.78, 5) is 17.6. The zero-order valence-corrected chi connectivity index (χ0v) is 12.4. The average molecular weight is 290 g/mol. The molecule has 6 heteroatoms. The third-order valence-electron chi connectivity index (χ3n) is 2.99. The molecule has 0 atom stereocenters. The van der Waals surface area contributed by atoms with Crippen LogP contribution in [0.2, 0.25) is 0 Å². The van der Waals surface area contributed by atoms with E-state index in [1.807, 2.05) is 19.2 Å². The summed E-state index contributed by atoms with van der Waals surface area (Å²) >= 11 is 1.63. The molecule has 0 fully saturated rings. The molecule has 2 rings (SSSR count). The number of hydrogen-bond donors (Lipinski definition) is 3. The van der Waals surface area contributed by atoms with Crippen LogP contribution in [0.15, 0.2) is 24.4 Å². The van der Waals surface area contributed by atoms with Gasteiger partial charge in [-0.2, -0.15) is 0 Å². The molecule has 1 amide bonds. The van der Waals surface area contributed by atoms with E-state index in [1.165, 1.54) is 4.88 Å². The van der Waals surface area contributed by atoms with Crippen LogP contribution in [0.1, 0.15) is 32.7 Å². The van der Waals surface area contributed by atoms with E-state index in [4.69, 9.17) is 5.84 Å². The molecule has 0 saturated carbocycles. The van der Waals surface area contributed by atoms with Crippen LogP contribution in [0.5, 0.6) is 0 Å². The molecule has 0 spiro atoms. The number of carbonyl (C=O) groups is 1. The summed E-state index contributed by atoms with van der Waals surface area (Å²) in [6.07, 6.45) is 2.83. The molecule has 1 aromatic heterocycles. The van der Waals surface area contributed by atoms with E-state index in [0.29, 0.717) is 12.1 Å². The van der Waals surface area contributed by atoms with Crippen LogP contribution < -0.4 is 16.6 Å². The number of benzene rings is 1. The van der Waals surface area contributed by atoms with Crippen molar-refractivity contribution in [1.29, 1.82) is 0 Å². The second-order valence-electron chi connectivity index (χ2n) is 4.43. The highest BCUT2D eigenvalue weighted by Crippen LogP contribution is 2.16. The normalized spacial score (nSPS) is 10.3. The average Bonchev–Trinajstić information content (AvgIpc) is 2.92. The SMILES string of the molecule is CCc1cnc(CNC(=O)c2ccc(NN)cc2C)s1. The highest BCUT2D eigenvalue weighted by atomic mass is 32.1. The van der Waals surface area contributed by atoms with Crippen molar-refractivity contribution < 1.29 is 4.79 Å². The predicted octanol–water partition coefficient (Wildman–Crippen LogP) is 2.23. The van der Waals surface area contributed by atoms with E-state index in [0.717, 1.165) is 22.7 Å². The molecular formula is C14H18N4OS. The summed E-state index contributed by atoms with van der Waals surface area (Å²) in [5, 5.41) is 3.81. The third kappa shape index (κ3) is 3.34. The monoisotopic (exact) mass is 290 g/mol. The number of aryl methyl sites for hydroxylation is 2. The van der Waals surface area contributed by atoms with Gasteiger partial charge in [0.1, 0.15) is 5.01 Å². The maximum Gasteiger partial charge on any atom is 0.251 e. The quantitative estimate of drug-likeness (QED) is 0.583. The molecule has 1 heterocycles. The van der Waals surface area contributed by atoms with Gasteiger partial charge < -0.3 is 10.7 Å². The summed E-state index contributed by atoms with van der Waals surface area (Å²) in [7, 11) is 0. The van der Waals surface area contributed by atoms with Gasteiger partial charge in [-0.1, -0.05) is 6.92 Å². The van der Waals surface area contributed by atoms with Gasteiger partial charge in [-0.3, -0.25) is 10.6 Å². The lowest BCUT2D eigenvalue weighted by molar-refractivity contribution is 0.0950. The van der Waals surface area contributed by atoms with Gasteiger partial charge in [0.15, 0.2) is 0 Å². The Morgan fingerprint density at radius 2 is 2.25 bits per heavy atom. The standard InChI is InChI=1S/C14H18N4OS/c1-3-11-7-16-13(20-11)8-17-14(19)12-5-4-10(18-15)6-9(12)2/h4-7,18H,3,8,15H2,1-2H3,(H,17,19). The van der Waals surface area contributed by atoms with Crippen molar-refractivity contribution in [3.63, 3.8) is 0 Å². The Kier molecular flexibility index (Phi) is 4.70. The van der Waals surface area contributed by atoms with Gasteiger partial charge in [-0.05, 0) is 37.1 Å². The summed E-state index contributed by atoms with van der Waals surface area (Å²) in [6.45, 7) is 4.43. The van der Waals surface area contributed by atoms with E-state index < -0.39 is 0 Å². The van der Waals surface area contributed by atoms with Crippen molar-refractivity contribution in [2.75, 3.05) is 5.43 Å². The van der Waals surface area contributed by atoms with Crippen LogP contribution in [0.4, 0.5) is 5.69 Å². The second-order valence-corrected chi connectivity index (χ2v) is 5.63. The van der Waals surface area contributed by atoms with Crippen LogP contribution in [-0.4, -0.2) is 10.9 Å². The van der Waals surface area contributed by atoms with Gasteiger partial charge in [0.05, 0.1) is 6.54 Å². The van der Waals surface area contributed by atoms with Crippen molar-refractivity contribution in [2.24, 2.45) is 5.84 Å². The summed E-state index contributed by atoms with van der Waals surface area (Å²) in [5.74, 6) is 5.24. The molecule has 2 aromatic rings. The Morgan fingerprint density at radius 3 is 2.85 bits per heavy atom. The number of rotatable bonds is 5. The van der Waals surface area contributed by atoms with Crippen LogP contribution in [-0.2, 0) is 13.0 Å². The molecule has 0 aliphatic rings. The number of hydrogen-bond acceptors (Lipinski definition) is 5. The number of thiazole rings is 1. The van der Waals surface area contributed by atoms with Crippen molar-refractivity contribution in [3.05, 3.63) is 45.4 Å². The van der Waals surface area contributed by atoms with Gasteiger partial charge in [-0.25, -0.2) is 4.98 Å². The first-order chi connectivity index (χ1) is 9.63. The molecule has 0 aliphatic carbocycles. The zero-order valence-electron chi connectivity index (χ0n) is 11.6. The van der Waals surface area contributed by atoms with Crippen molar-refractivity contribution in [3.8, 4) is 0 Å². The molecule has 4 N–H and O–H groups in total. The Labute approximate surface area is 122 Å².